The van der Waals surface area contributed by atoms with Crippen LogP contribution in [0.15, 0.2) is 49.2 Å². The summed E-state index contributed by atoms with van der Waals surface area (Å²) in [6, 6.07) is 7.73. The highest BCUT2D eigenvalue weighted by Gasteiger charge is 2.06. The highest BCUT2D eigenvalue weighted by Crippen LogP contribution is 2.22. The number of amides is 1. The van der Waals surface area contributed by atoms with Gasteiger partial charge in [-0.2, -0.15) is 5.10 Å². The van der Waals surface area contributed by atoms with Gasteiger partial charge in [-0.25, -0.2) is 5.43 Å². The van der Waals surface area contributed by atoms with Gasteiger partial charge in [0.15, 0.2) is 3.77 Å². The second kappa shape index (κ2) is 8.45. The van der Waals surface area contributed by atoms with E-state index in [2.05, 4.69) is 26.5 Å². The van der Waals surface area contributed by atoms with Crippen LogP contribution in [0, 0.1) is 13.9 Å². The van der Waals surface area contributed by atoms with Gasteiger partial charge in [0.05, 0.1) is 21.4 Å². The fourth-order valence-electron chi connectivity index (χ4n) is 1.44. The Morgan fingerprint density at radius 1 is 1.48 bits per heavy atom. The van der Waals surface area contributed by atoms with Crippen LogP contribution in [0.4, 0.5) is 5.69 Å². The lowest BCUT2D eigenvalue weighted by molar-refractivity contribution is -0.384. The monoisotopic (exact) mass is 509 g/mol. The van der Waals surface area contributed by atoms with Gasteiger partial charge in [-0.1, -0.05) is 0 Å². The standard InChI is InChI=1S/C13H9BrIN3O4S/c14-11-5-9(22-13(11)15)6-16-17-12(19)7-23-10-3-1-8(2-4-10)18(20)21/h1-6H,7H2,(H,17,19)/b16-6-. The van der Waals surface area contributed by atoms with Gasteiger partial charge in [-0.15, -0.1) is 11.8 Å². The maximum Gasteiger partial charge on any atom is 0.269 e. The number of carbonyl (C=O) groups excluding carboxylic acids is 1. The molecule has 0 saturated carbocycles. The van der Waals surface area contributed by atoms with Crippen molar-refractivity contribution in [3.8, 4) is 0 Å². The topological polar surface area (TPSA) is 97.7 Å². The molecule has 1 aromatic heterocycles. The second-order valence-electron chi connectivity index (χ2n) is 4.10. The molecule has 0 aliphatic rings. The first kappa shape index (κ1) is 17.9. The van der Waals surface area contributed by atoms with E-state index >= 15 is 0 Å². The molecule has 0 unspecified atom stereocenters. The first-order valence-electron chi connectivity index (χ1n) is 6.09. The molecule has 0 atom stereocenters. The Kier molecular flexibility index (Phi) is 6.59. The molecule has 0 aliphatic heterocycles. The predicted molar refractivity (Wildman–Crippen MR) is 98.7 cm³/mol. The molecule has 0 saturated heterocycles. The van der Waals surface area contributed by atoms with Gasteiger partial charge >= 0.3 is 0 Å². The lowest BCUT2D eigenvalue weighted by Crippen LogP contribution is -2.19. The number of nitrogens with zero attached hydrogens (tertiary/aromatic N) is 2. The van der Waals surface area contributed by atoms with Gasteiger partial charge in [0.25, 0.3) is 5.69 Å². The van der Waals surface area contributed by atoms with Crippen LogP contribution in [0.25, 0.3) is 0 Å². The highest BCUT2D eigenvalue weighted by atomic mass is 127. The van der Waals surface area contributed by atoms with E-state index in [1.807, 2.05) is 22.6 Å². The van der Waals surface area contributed by atoms with Crippen molar-refractivity contribution in [2.45, 2.75) is 4.90 Å². The quantitative estimate of drug-likeness (QED) is 0.210. The van der Waals surface area contributed by atoms with E-state index in [9.17, 15) is 14.9 Å². The molecular weight excluding hydrogens is 501 g/mol. The van der Waals surface area contributed by atoms with Crippen LogP contribution in [0.2, 0.25) is 0 Å². The molecule has 10 heteroatoms. The van der Waals surface area contributed by atoms with Crippen molar-refractivity contribution in [3.63, 3.8) is 0 Å². The van der Waals surface area contributed by atoms with E-state index in [-0.39, 0.29) is 17.3 Å². The van der Waals surface area contributed by atoms with Gasteiger partial charge < -0.3 is 4.42 Å². The predicted octanol–water partition coefficient (Wildman–Crippen LogP) is 3.80. The van der Waals surface area contributed by atoms with E-state index in [0.717, 1.165) is 9.37 Å². The smallest absolute Gasteiger partial charge is 0.269 e. The number of thioether (sulfide) groups is 1. The lowest BCUT2D eigenvalue weighted by atomic mass is 10.3. The molecule has 0 radical (unpaired) electrons. The number of furan rings is 1. The van der Waals surface area contributed by atoms with Crippen LogP contribution in [0.3, 0.4) is 0 Å². The fraction of sp³-hybridized carbons (Fsp3) is 0.0769. The molecule has 1 amide bonds. The third-order valence-corrected chi connectivity index (χ3v) is 5.61. The van der Waals surface area contributed by atoms with Crippen molar-refractivity contribution in [3.05, 3.63) is 54.4 Å². The Balaban J connectivity index is 1.79. The molecular formula is C13H9BrIN3O4S. The minimum atomic E-state index is -0.468. The normalized spacial score (nSPS) is 10.9. The zero-order valence-corrected chi connectivity index (χ0v) is 15.9. The van der Waals surface area contributed by atoms with Gasteiger partial charge in [0, 0.05) is 45.7 Å². The third-order valence-electron chi connectivity index (χ3n) is 2.46. The number of non-ortho nitro benzene ring substituents is 1. The minimum Gasteiger partial charge on any atom is -0.448 e. The molecule has 1 aromatic carbocycles. The summed E-state index contributed by atoms with van der Waals surface area (Å²) >= 11 is 6.60. The molecule has 0 fully saturated rings. The maximum atomic E-state index is 11.7. The average Bonchev–Trinajstić information content (AvgIpc) is 2.84. The number of nitro benzene ring substituents is 1. The molecule has 23 heavy (non-hydrogen) atoms. The molecule has 2 aromatic rings. The van der Waals surface area contributed by atoms with E-state index in [0.29, 0.717) is 9.53 Å². The van der Waals surface area contributed by atoms with Crippen LogP contribution >= 0.6 is 50.3 Å². The molecule has 1 heterocycles. The van der Waals surface area contributed by atoms with Gasteiger partial charge in [-0.05, 0) is 28.1 Å². The van der Waals surface area contributed by atoms with Crippen LogP contribution in [0.5, 0.6) is 0 Å². The Bertz CT molecular complexity index is 729. The molecule has 0 bridgehead atoms. The van der Waals surface area contributed by atoms with E-state index < -0.39 is 4.92 Å². The Hall–Kier alpha value is -1.40. The fourth-order valence-corrected chi connectivity index (χ4v) is 2.85. The Morgan fingerprint density at radius 2 is 2.17 bits per heavy atom. The van der Waals surface area contributed by atoms with Crippen LogP contribution in [-0.4, -0.2) is 22.8 Å². The Labute approximate surface area is 157 Å². The van der Waals surface area contributed by atoms with E-state index in [1.54, 1.807) is 18.2 Å². The molecule has 1 N–H and O–H groups in total. The van der Waals surface area contributed by atoms with Crippen LogP contribution in [0.1, 0.15) is 5.76 Å². The second-order valence-corrected chi connectivity index (χ2v) is 6.99. The van der Waals surface area contributed by atoms with E-state index in [1.165, 1.54) is 30.1 Å². The number of nitro groups is 1. The zero-order valence-electron chi connectivity index (χ0n) is 11.4. The summed E-state index contributed by atoms with van der Waals surface area (Å²) in [6.45, 7) is 0. The summed E-state index contributed by atoms with van der Waals surface area (Å²) in [5, 5.41) is 14.3. The molecule has 7 nitrogen and oxygen atoms in total. The van der Waals surface area contributed by atoms with Crippen LogP contribution < -0.4 is 5.43 Å². The largest absolute Gasteiger partial charge is 0.448 e. The van der Waals surface area contributed by atoms with Crippen LogP contribution in [-0.2, 0) is 4.79 Å². The minimum absolute atomic E-state index is 0.0163. The number of carbonyl (C=O) groups is 1. The molecule has 0 aliphatic carbocycles. The number of hydrogen-bond donors (Lipinski definition) is 1. The summed E-state index contributed by atoms with van der Waals surface area (Å²) in [5.41, 5.74) is 2.40. The summed E-state index contributed by atoms with van der Waals surface area (Å²) in [6.07, 6.45) is 1.40. The first-order chi connectivity index (χ1) is 11.0. The summed E-state index contributed by atoms with van der Waals surface area (Å²) in [7, 11) is 0. The number of benzene rings is 1. The number of hydrogen-bond acceptors (Lipinski definition) is 6. The van der Waals surface area contributed by atoms with Crippen molar-refractivity contribution in [1.29, 1.82) is 0 Å². The van der Waals surface area contributed by atoms with Crippen molar-refractivity contribution in [2.75, 3.05) is 5.75 Å². The van der Waals surface area contributed by atoms with Crippen molar-refractivity contribution in [1.82, 2.24) is 5.43 Å². The SMILES string of the molecule is O=C(CSc1ccc([N+](=O)[O-])cc1)N/N=C\c1cc(Br)c(I)o1. The lowest BCUT2D eigenvalue weighted by Gasteiger charge is -2.00. The number of rotatable bonds is 6. The van der Waals surface area contributed by atoms with Crippen molar-refractivity contribution < 1.29 is 14.1 Å². The zero-order chi connectivity index (χ0) is 16.8. The van der Waals surface area contributed by atoms with Gasteiger partial charge in [0.2, 0.25) is 5.91 Å². The number of nitrogens with one attached hydrogen (secondary N) is 1. The van der Waals surface area contributed by atoms with Crippen molar-refractivity contribution >= 4 is 68.1 Å². The maximum absolute atomic E-state index is 11.7. The molecule has 2 rings (SSSR count). The first-order valence-corrected chi connectivity index (χ1v) is 8.95. The van der Waals surface area contributed by atoms with Gasteiger partial charge in [-0.3, -0.25) is 14.9 Å². The summed E-state index contributed by atoms with van der Waals surface area (Å²) in [5.74, 6) is 0.378. The number of halogens is 2. The highest BCUT2D eigenvalue weighted by molar-refractivity contribution is 14.1. The molecule has 0 spiro atoms. The van der Waals surface area contributed by atoms with Gasteiger partial charge in [0.1, 0.15) is 5.76 Å². The number of hydrazone groups is 1. The van der Waals surface area contributed by atoms with Crippen molar-refractivity contribution in [2.24, 2.45) is 5.10 Å². The summed E-state index contributed by atoms with van der Waals surface area (Å²) < 4.78 is 6.85. The average molecular weight is 510 g/mol. The third kappa shape index (κ3) is 5.62. The molecule has 120 valence electrons. The summed E-state index contributed by atoms with van der Waals surface area (Å²) in [4.78, 5) is 22.5. The van der Waals surface area contributed by atoms with E-state index in [4.69, 9.17) is 4.42 Å². The Morgan fingerprint density at radius 3 is 2.74 bits per heavy atom.